The number of carbonyl (C=O) groups excluding carboxylic acids is 1. The van der Waals surface area contributed by atoms with Crippen molar-refractivity contribution in [1.29, 1.82) is 0 Å². The number of carbonyl (C=O) groups is 1. The second-order valence-electron chi connectivity index (χ2n) is 5.29. The minimum atomic E-state index is -0.0516. The Bertz CT molecular complexity index is 635. The summed E-state index contributed by atoms with van der Waals surface area (Å²) in [5.74, 6) is 0.751. The van der Waals surface area contributed by atoms with Gasteiger partial charge in [-0.15, -0.1) is 0 Å². The van der Waals surface area contributed by atoms with Gasteiger partial charge in [0.1, 0.15) is 5.75 Å². The average Bonchev–Trinajstić information content (AvgIpc) is 2.45. The molecule has 2 rings (SSSR count). The fraction of sp³-hybridized carbons (Fsp3) is 0.278. The van der Waals surface area contributed by atoms with Gasteiger partial charge in [0.25, 0.3) is 0 Å². The van der Waals surface area contributed by atoms with Gasteiger partial charge in [-0.05, 0) is 48.7 Å². The molecule has 0 aliphatic carbocycles. The highest BCUT2D eigenvalue weighted by Gasteiger charge is 2.04. The first-order valence-corrected chi connectivity index (χ1v) is 7.63. The molecular weight excluding hydrogens is 298 g/mol. The second-order valence-corrected chi connectivity index (χ2v) is 5.70. The quantitative estimate of drug-likeness (QED) is 0.873. The third-order valence-corrected chi connectivity index (χ3v) is 3.60. The molecule has 3 nitrogen and oxygen atoms in total. The summed E-state index contributed by atoms with van der Waals surface area (Å²) in [5, 5.41) is 3.51. The van der Waals surface area contributed by atoms with E-state index in [9.17, 15) is 4.79 Å². The third kappa shape index (κ3) is 5.08. The zero-order chi connectivity index (χ0) is 15.9. The van der Waals surface area contributed by atoms with E-state index in [1.165, 1.54) is 0 Å². The number of amides is 1. The van der Waals surface area contributed by atoms with Crippen LogP contribution in [0.3, 0.4) is 0 Å². The van der Waals surface area contributed by atoms with E-state index < -0.39 is 0 Å². The van der Waals surface area contributed by atoms with Gasteiger partial charge in [-0.25, -0.2) is 0 Å². The van der Waals surface area contributed by atoms with E-state index in [0.29, 0.717) is 24.6 Å². The molecule has 0 spiro atoms. The number of hydrogen-bond donors (Lipinski definition) is 1. The molecule has 0 fully saturated rings. The van der Waals surface area contributed by atoms with Crippen LogP contribution in [-0.4, -0.2) is 12.5 Å². The summed E-state index contributed by atoms with van der Waals surface area (Å²) < 4.78 is 5.63. The van der Waals surface area contributed by atoms with E-state index in [4.69, 9.17) is 16.3 Å². The lowest BCUT2D eigenvalue weighted by molar-refractivity contribution is -0.121. The van der Waals surface area contributed by atoms with Crippen molar-refractivity contribution in [2.24, 2.45) is 0 Å². The standard InChI is InChI=1S/C18H20ClNO2/c1-13-9-14(2)11-16(10-13)22-8-7-18(21)20-12-15-5-3-4-6-17(15)19/h3-6,9-11H,7-8,12H2,1-2H3,(H,20,21). The van der Waals surface area contributed by atoms with E-state index in [0.717, 1.165) is 22.4 Å². The van der Waals surface area contributed by atoms with E-state index in [1.807, 2.05) is 50.2 Å². The minimum absolute atomic E-state index is 0.0516. The minimum Gasteiger partial charge on any atom is -0.493 e. The molecule has 4 heteroatoms. The Balaban J connectivity index is 1.75. The van der Waals surface area contributed by atoms with Gasteiger partial charge < -0.3 is 10.1 Å². The summed E-state index contributed by atoms with van der Waals surface area (Å²) in [5.41, 5.74) is 3.21. The summed E-state index contributed by atoms with van der Waals surface area (Å²) in [6.07, 6.45) is 0.317. The highest BCUT2D eigenvalue weighted by Crippen LogP contribution is 2.16. The number of halogens is 1. The van der Waals surface area contributed by atoms with Crippen molar-refractivity contribution in [2.45, 2.75) is 26.8 Å². The van der Waals surface area contributed by atoms with Gasteiger partial charge in [0, 0.05) is 11.6 Å². The average molecular weight is 318 g/mol. The largest absolute Gasteiger partial charge is 0.493 e. The fourth-order valence-electron chi connectivity index (χ4n) is 2.20. The molecule has 0 unspecified atom stereocenters. The van der Waals surface area contributed by atoms with E-state index in [-0.39, 0.29) is 5.91 Å². The zero-order valence-corrected chi connectivity index (χ0v) is 13.6. The molecule has 0 saturated carbocycles. The lowest BCUT2D eigenvalue weighted by atomic mass is 10.1. The van der Waals surface area contributed by atoms with E-state index in [1.54, 1.807) is 0 Å². The van der Waals surface area contributed by atoms with Crippen molar-refractivity contribution >= 4 is 17.5 Å². The molecule has 22 heavy (non-hydrogen) atoms. The molecule has 0 radical (unpaired) electrons. The van der Waals surface area contributed by atoms with Crippen LogP contribution in [0.25, 0.3) is 0 Å². The number of benzene rings is 2. The van der Waals surface area contributed by atoms with Crippen molar-refractivity contribution < 1.29 is 9.53 Å². The molecule has 0 heterocycles. The van der Waals surface area contributed by atoms with Crippen LogP contribution in [0.5, 0.6) is 5.75 Å². The van der Waals surface area contributed by atoms with E-state index >= 15 is 0 Å². The zero-order valence-electron chi connectivity index (χ0n) is 12.9. The molecule has 0 aliphatic heterocycles. The maximum atomic E-state index is 11.8. The number of aryl methyl sites for hydroxylation is 2. The molecular formula is C18H20ClNO2. The van der Waals surface area contributed by atoms with Crippen LogP contribution >= 0.6 is 11.6 Å². The summed E-state index contributed by atoms with van der Waals surface area (Å²) >= 11 is 6.05. The van der Waals surface area contributed by atoms with Crippen molar-refractivity contribution in [1.82, 2.24) is 5.32 Å². The Morgan fingerprint density at radius 3 is 2.50 bits per heavy atom. The van der Waals surface area contributed by atoms with E-state index in [2.05, 4.69) is 11.4 Å². The molecule has 116 valence electrons. The van der Waals surface area contributed by atoms with Crippen molar-refractivity contribution in [2.75, 3.05) is 6.61 Å². The van der Waals surface area contributed by atoms with Crippen molar-refractivity contribution in [3.05, 3.63) is 64.2 Å². The van der Waals surface area contributed by atoms with Crippen LogP contribution in [0, 0.1) is 13.8 Å². The summed E-state index contributed by atoms with van der Waals surface area (Å²) in [6, 6.07) is 13.5. The van der Waals surface area contributed by atoms with Crippen molar-refractivity contribution in [3.8, 4) is 5.75 Å². The lowest BCUT2D eigenvalue weighted by Crippen LogP contribution is -2.24. The third-order valence-electron chi connectivity index (χ3n) is 3.23. The monoisotopic (exact) mass is 317 g/mol. The molecule has 0 atom stereocenters. The number of rotatable bonds is 6. The van der Waals surface area contributed by atoms with Gasteiger partial charge >= 0.3 is 0 Å². The number of ether oxygens (including phenoxy) is 1. The lowest BCUT2D eigenvalue weighted by Gasteiger charge is -2.09. The van der Waals surface area contributed by atoms with Gasteiger partial charge in [0.05, 0.1) is 13.0 Å². The Morgan fingerprint density at radius 2 is 1.82 bits per heavy atom. The van der Waals surface area contributed by atoms with Gasteiger partial charge in [-0.3, -0.25) is 4.79 Å². The second kappa shape index (κ2) is 7.85. The Kier molecular flexibility index (Phi) is 5.84. The predicted molar refractivity (Wildman–Crippen MR) is 89.3 cm³/mol. The highest BCUT2D eigenvalue weighted by molar-refractivity contribution is 6.31. The molecule has 0 bridgehead atoms. The Labute approximate surface area is 136 Å². The summed E-state index contributed by atoms with van der Waals surface area (Å²) in [6.45, 7) is 4.84. The normalized spacial score (nSPS) is 10.3. The topological polar surface area (TPSA) is 38.3 Å². The highest BCUT2D eigenvalue weighted by atomic mass is 35.5. The first-order chi connectivity index (χ1) is 10.5. The molecule has 0 aromatic heterocycles. The Hall–Kier alpha value is -2.00. The van der Waals surface area contributed by atoms with Gasteiger partial charge in [-0.1, -0.05) is 35.9 Å². The van der Waals surface area contributed by atoms with Crippen LogP contribution in [0.4, 0.5) is 0 Å². The molecule has 2 aromatic rings. The van der Waals surface area contributed by atoms with Gasteiger partial charge in [0.15, 0.2) is 0 Å². The van der Waals surface area contributed by atoms with Crippen LogP contribution in [-0.2, 0) is 11.3 Å². The maximum absolute atomic E-state index is 11.8. The molecule has 1 N–H and O–H groups in total. The number of nitrogens with one attached hydrogen (secondary N) is 1. The molecule has 2 aromatic carbocycles. The van der Waals surface area contributed by atoms with Gasteiger partial charge in [0.2, 0.25) is 5.91 Å². The summed E-state index contributed by atoms with van der Waals surface area (Å²) in [7, 11) is 0. The predicted octanol–water partition coefficient (Wildman–Crippen LogP) is 4.04. The fourth-order valence-corrected chi connectivity index (χ4v) is 2.40. The maximum Gasteiger partial charge on any atom is 0.223 e. The van der Waals surface area contributed by atoms with Crippen LogP contribution in [0.2, 0.25) is 5.02 Å². The SMILES string of the molecule is Cc1cc(C)cc(OCCC(=O)NCc2ccccc2Cl)c1. The smallest absolute Gasteiger partial charge is 0.223 e. The van der Waals surface area contributed by atoms with Crippen molar-refractivity contribution in [3.63, 3.8) is 0 Å². The van der Waals surface area contributed by atoms with Crippen LogP contribution in [0.1, 0.15) is 23.1 Å². The summed E-state index contributed by atoms with van der Waals surface area (Å²) in [4.78, 5) is 11.8. The first-order valence-electron chi connectivity index (χ1n) is 7.26. The van der Waals surface area contributed by atoms with Gasteiger partial charge in [-0.2, -0.15) is 0 Å². The molecule has 0 aliphatic rings. The molecule has 0 saturated heterocycles. The molecule has 1 amide bonds. The van der Waals surface area contributed by atoms with Crippen LogP contribution in [0.15, 0.2) is 42.5 Å². The first kappa shape index (κ1) is 16.4. The Morgan fingerprint density at radius 1 is 1.14 bits per heavy atom. The van der Waals surface area contributed by atoms with Crippen LogP contribution < -0.4 is 10.1 Å². The number of hydrogen-bond acceptors (Lipinski definition) is 2.